The zero-order valence-corrected chi connectivity index (χ0v) is 18.1. The van der Waals surface area contributed by atoms with Crippen LogP contribution in [0.2, 0.25) is 0 Å². The molecule has 2 aromatic rings. The molecule has 5 nitrogen and oxygen atoms in total. The van der Waals surface area contributed by atoms with Gasteiger partial charge in [0, 0.05) is 12.6 Å². The van der Waals surface area contributed by atoms with Gasteiger partial charge in [-0.25, -0.2) is 0 Å². The fraction of sp³-hybridized carbons (Fsp3) is 0.520. The van der Waals surface area contributed by atoms with Crippen LogP contribution in [0.4, 0.5) is 0 Å². The quantitative estimate of drug-likeness (QED) is 0.493. The predicted octanol–water partition coefficient (Wildman–Crippen LogP) is 4.42. The molecule has 0 atom stereocenters. The van der Waals surface area contributed by atoms with Gasteiger partial charge in [0.1, 0.15) is 6.61 Å². The van der Waals surface area contributed by atoms with Crippen LogP contribution in [-0.2, 0) is 9.47 Å². The number of nitrogens with one attached hydrogen (secondary N) is 1. The van der Waals surface area contributed by atoms with Crippen LogP contribution in [-0.4, -0.2) is 52.7 Å². The number of para-hydroxylation sites is 2. The summed E-state index contributed by atoms with van der Waals surface area (Å²) < 4.78 is 22.2. The highest BCUT2D eigenvalue weighted by Crippen LogP contribution is 2.32. The zero-order valence-electron chi connectivity index (χ0n) is 18.1. The maximum Gasteiger partial charge on any atom is 0.161 e. The average molecular weight is 414 g/mol. The van der Waals surface area contributed by atoms with Crippen LogP contribution in [0, 0.1) is 0 Å². The lowest BCUT2D eigenvalue weighted by Gasteiger charge is -2.29. The molecule has 0 aliphatic heterocycles. The minimum absolute atomic E-state index is 0.494. The Morgan fingerprint density at radius 2 is 1.37 bits per heavy atom. The highest BCUT2D eigenvalue weighted by molar-refractivity contribution is 5.39. The topological polar surface area (TPSA) is 49.0 Å². The fourth-order valence-corrected chi connectivity index (χ4v) is 3.96. The van der Waals surface area contributed by atoms with Crippen LogP contribution in [0.3, 0.4) is 0 Å². The highest BCUT2D eigenvalue weighted by atomic mass is 16.6. The van der Waals surface area contributed by atoms with E-state index in [2.05, 4.69) is 35.6 Å². The van der Waals surface area contributed by atoms with Gasteiger partial charge in [-0.1, -0.05) is 42.5 Å². The summed E-state index contributed by atoms with van der Waals surface area (Å²) in [6, 6.07) is 19.2. The van der Waals surface area contributed by atoms with Gasteiger partial charge in [0.05, 0.1) is 33.5 Å². The Balaban J connectivity index is 1.14. The molecule has 1 N–H and O–H groups in total. The molecule has 3 rings (SSSR count). The Morgan fingerprint density at radius 3 is 2.10 bits per heavy atom. The van der Waals surface area contributed by atoms with Crippen molar-refractivity contribution < 1.29 is 18.9 Å². The molecule has 0 radical (unpaired) electrons. The van der Waals surface area contributed by atoms with Crippen molar-refractivity contribution in [2.24, 2.45) is 0 Å². The van der Waals surface area contributed by atoms with E-state index in [4.69, 9.17) is 18.9 Å². The second-order valence-electron chi connectivity index (χ2n) is 7.64. The maximum atomic E-state index is 5.68. The summed E-state index contributed by atoms with van der Waals surface area (Å²) >= 11 is 0. The zero-order chi connectivity index (χ0) is 20.9. The number of hydrogen-bond acceptors (Lipinski definition) is 5. The maximum absolute atomic E-state index is 5.68. The van der Waals surface area contributed by atoms with Crippen molar-refractivity contribution in [2.45, 2.75) is 37.6 Å². The lowest BCUT2D eigenvalue weighted by Crippen LogP contribution is -2.35. The van der Waals surface area contributed by atoms with Gasteiger partial charge in [-0.15, -0.1) is 0 Å². The first-order chi connectivity index (χ1) is 14.9. The number of rotatable bonds is 13. The molecule has 164 valence electrons. The van der Waals surface area contributed by atoms with Gasteiger partial charge >= 0.3 is 0 Å². The average Bonchev–Trinajstić information content (AvgIpc) is 2.81. The van der Waals surface area contributed by atoms with Crippen molar-refractivity contribution in [2.75, 3.05) is 46.7 Å². The summed E-state index contributed by atoms with van der Waals surface area (Å²) in [5.74, 6) is 2.20. The highest BCUT2D eigenvalue weighted by Gasteiger charge is 2.21. The van der Waals surface area contributed by atoms with Gasteiger partial charge in [0.25, 0.3) is 0 Å². The molecule has 0 unspecified atom stereocenters. The second-order valence-corrected chi connectivity index (χ2v) is 7.64. The smallest absolute Gasteiger partial charge is 0.161 e. The second kappa shape index (κ2) is 13.3. The Kier molecular flexibility index (Phi) is 10.00. The van der Waals surface area contributed by atoms with Crippen molar-refractivity contribution in [1.29, 1.82) is 0 Å². The SMILES string of the molecule is COc1ccccc1OCCOCCOCCNC1CCC(c2ccccc2)CC1. The van der Waals surface area contributed by atoms with E-state index >= 15 is 0 Å². The number of hydrogen-bond donors (Lipinski definition) is 1. The molecule has 2 aromatic carbocycles. The van der Waals surface area contributed by atoms with Gasteiger partial charge in [0.15, 0.2) is 11.5 Å². The monoisotopic (exact) mass is 413 g/mol. The molecular weight excluding hydrogens is 378 g/mol. The van der Waals surface area contributed by atoms with Crippen molar-refractivity contribution in [1.82, 2.24) is 5.32 Å². The minimum Gasteiger partial charge on any atom is -0.493 e. The van der Waals surface area contributed by atoms with E-state index in [0.717, 1.165) is 30.6 Å². The summed E-state index contributed by atoms with van der Waals surface area (Å²) in [7, 11) is 1.64. The lowest BCUT2D eigenvalue weighted by atomic mass is 9.82. The largest absolute Gasteiger partial charge is 0.493 e. The summed E-state index contributed by atoms with van der Waals surface area (Å²) in [6.45, 7) is 3.84. The molecular formula is C25H35NO4. The van der Waals surface area contributed by atoms with Crippen LogP contribution in [0.15, 0.2) is 54.6 Å². The van der Waals surface area contributed by atoms with E-state index in [9.17, 15) is 0 Å². The molecule has 0 amide bonds. The van der Waals surface area contributed by atoms with Gasteiger partial charge in [-0.3, -0.25) is 0 Å². The summed E-state index contributed by atoms with van der Waals surface area (Å²) in [5.41, 5.74) is 1.49. The first-order valence-electron chi connectivity index (χ1n) is 11.1. The van der Waals surface area contributed by atoms with E-state index in [1.807, 2.05) is 24.3 Å². The molecule has 1 fully saturated rings. The molecule has 30 heavy (non-hydrogen) atoms. The first-order valence-corrected chi connectivity index (χ1v) is 11.1. The number of benzene rings is 2. The van der Waals surface area contributed by atoms with Gasteiger partial charge in [-0.2, -0.15) is 0 Å². The molecule has 1 aliphatic carbocycles. The standard InChI is InChI=1S/C25H35NO4/c1-27-24-9-5-6-10-25(24)30-20-19-29-18-17-28-16-15-26-23-13-11-22(12-14-23)21-7-3-2-4-8-21/h2-10,22-23,26H,11-20H2,1H3. The Morgan fingerprint density at radius 1 is 0.733 bits per heavy atom. The third kappa shape index (κ3) is 7.63. The number of methoxy groups -OCH3 is 1. The van der Waals surface area contributed by atoms with E-state index in [1.165, 1.54) is 31.2 Å². The number of ether oxygens (including phenoxy) is 4. The Hall–Kier alpha value is -2.08. The molecule has 0 saturated heterocycles. The van der Waals surface area contributed by atoms with E-state index < -0.39 is 0 Å². The third-order valence-corrected chi connectivity index (χ3v) is 5.60. The first kappa shape index (κ1) is 22.6. The third-order valence-electron chi connectivity index (χ3n) is 5.60. The Bertz CT molecular complexity index is 701. The van der Waals surface area contributed by atoms with E-state index in [1.54, 1.807) is 7.11 Å². The van der Waals surface area contributed by atoms with Gasteiger partial charge in [-0.05, 0) is 49.3 Å². The summed E-state index contributed by atoms with van der Waals surface area (Å²) in [4.78, 5) is 0. The molecule has 0 aromatic heterocycles. The van der Waals surface area contributed by atoms with Crippen molar-refractivity contribution >= 4 is 0 Å². The molecule has 1 aliphatic rings. The summed E-state index contributed by atoms with van der Waals surface area (Å²) in [6.07, 6.45) is 5.03. The lowest BCUT2D eigenvalue weighted by molar-refractivity contribution is 0.0362. The molecule has 5 heteroatoms. The molecule has 1 saturated carbocycles. The van der Waals surface area contributed by atoms with Crippen molar-refractivity contribution in [3.63, 3.8) is 0 Å². The van der Waals surface area contributed by atoms with E-state index in [-0.39, 0.29) is 0 Å². The molecule has 0 spiro atoms. The van der Waals surface area contributed by atoms with Crippen LogP contribution >= 0.6 is 0 Å². The van der Waals surface area contributed by atoms with Crippen LogP contribution in [0.1, 0.15) is 37.2 Å². The van der Waals surface area contributed by atoms with Gasteiger partial charge < -0.3 is 24.3 Å². The van der Waals surface area contributed by atoms with E-state index in [0.29, 0.717) is 32.5 Å². The van der Waals surface area contributed by atoms with Crippen LogP contribution in [0.5, 0.6) is 11.5 Å². The summed E-state index contributed by atoms with van der Waals surface area (Å²) in [5, 5.41) is 3.64. The Labute approximate surface area is 180 Å². The molecule has 0 heterocycles. The molecule has 0 bridgehead atoms. The predicted molar refractivity (Wildman–Crippen MR) is 120 cm³/mol. The van der Waals surface area contributed by atoms with Crippen molar-refractivity contribution in [3.05, 3.63) is 60.2 Å². The fourth-order valence-electron chi connectivity index (χ4n) is 3.96. The normalized spacial score (nSPS) is 18.8. The van der Waals surface area contributed by atoms with Crippen LogP contribution < -0.4 is 14.8 Å². The van der Waals surface area contributed by atoms with Gasteiger partial charge in [0.2, 0.25) is 0 Å². The van der Waals surface area contributed by atoms with Crippen molar-refractivity contribution in [3.8, 4) is 11.5 Å². The minimum atomic E-state index is 0.494. The van der Waals surface area contributed by atoms with Crippen LogP contribution in [0.25, 0.3) is 0 Å².